The maximum absolute atomic E-state index is 11.1. The largest absolute Gasteiger partial charge is 0.493 e. The molecule has 0 aliphatic rings. The molecule has 0 spiro atoms. The van der Waals surface area contributed by atoms with Crippen molar-refractivity contribution in [3.63, 3.8) is 0 Å². The lowest BCUT2D eigenvalue weighted by molar-refractivity contribution is -0.140. The number of ether oxygens (including phenoxy) is 2. The SMILES string of the molecule is COC(=O)CCSCCOc1ccc(S(N)(=O)=O)cc1. The van der Waals surface area contributed by atoms with Gasteiger partial charge in [0.15, 0.2) is 0 Å². The molecule has 6 nitrogen and oxygen atoms in total. The van der Waals surface area contributed by atoms with Crippen LogP contribution in [0.3, 0.4) is 0 Å². The van der Waals surface area contributed by atoms with E-state index in [4.69, 9.17) is 9.88 Å². The monoisotopic (exact) mass is 319 g/mol. The number of carbonyl (C=O) groups is 1. The van der Waals surface area contributed by atoms with Crippen molar-refractivity contribution in [1.29, 1.82) is 0 Å². The number of hydrogen-bond acceptors (Lipinski definition) is 6. The average Bonchev–Trinajstić information content (AvgIpc) is 2.41. The fraction of sp³-hybridized carbons (Fsp3) is 0.417. The van der Waals surface area contributed by atoms with E-state index in [1.165, 1.54) is 19.2 Å². The highest BCUT2D eigenvalue weighted by Crippen LogP contribution is 2.15. The lowest BCUT2D eigenvalue weighted by Gasteiger charge is -2.06. The molecular weight excluding hydrogens is 302 g/mol. The predicted molar refractivity (Wildman–Crippen MR) is 77.3 cm³/mol. The van der Waals surface area contributed by atoms with Gasteiger partial charge >= 0.3 is 5.97 Å². The minimum absolute atomic E-state index is 0.0531. The van der Waals surface area contributed by atoms with Gasteiger partial charge in [0.1, 0.15) is 5.75 Å². The number of nitrogens with two attached hydrogens (primary N) is 1. The fourth-order valence-corrected chi connectivity index (χ4v) is 2.54. The van der Waals surface area contributed by atoms with Gasteiger partial charge in [-0.15, -0.1) is 0 Å². The summed E-state index contributed by atoms with van der Waals surface area (Å²) in [4.78, 5) is 10.9. The number of hydrogen-bond donors (Lipinski definition) is 1. The fourth-order valence-electron chi connectivity index (χ4n) is 1.30. The zero-order valence-corrected chi connectivity index (χ0v) is 12.7. The van der Waals surface area contributed by atoms with Crippen LogP contribution in [0.25, 0.3) is 0 Å². The van der Waals surface area contributed by atoms with Crippen molar-refractivity contribution in [2.75, 3.05) is 25.2 Å². The quantitative estimate of drug-likeness (QED) is 0.567. The van der Waals surface area contributed by atoms with Crippen molar-refractivity contribution in [3.8, 4) is 5.75 Å². The molecular formula is C12H17NO5S2. The summed E-state index contributed by atoms with van der Waals surface area (Å²) in [6, 6.07) is 5.90. The Bertz CT molecular complexity index is 527. The van der Waals surface area contributed by atoms with Crippen LogP contribution in [-0.2, 0) is 19.6 Å². The first-order chi connectivity index (χ1) is 9.43. The first kappa shape index (κ1) is 16.8. The second-order valence-electron chi connectivity index (χ2n) is 3.80. The summed E-state index contributed by atoms with van der Waals surface area (Å²) in [6.45, 7) is 0.473. The molecule has 1 rings (SSSR count). The molecule has 0 aromatic heterocycles. The Morgan fingerprint density at radius 2 is 1.90 bits per heavy atom. The maximum Gasteiger partial charge on any atom is 0.306 e. The number of thioether (sulfide) groups is 1. The zero-order valence-electron chi connectivity index (χ0n) is 11.1. The van der Waals surface area contributed by atoms with E-state index < -0.39 is 10.0 Å². The Hall–Kier alpha value is -1.25. The summed E-state index contributed by atoms with van der Waals surface area (Å²) in [5, 5.41) is 4.99. The van der Waals surface area contributed by atoms with E-state index in [9.17, 15) is 13.2 Å². The minimum Gasteiger partial charge on any atom is -0.493 e. The molecule has 20 heavy (non-hydrogen) atoms. The molecule has 1 aromatic rings. The van der Waals surface area contributed by atoms with Crippen LogP contribution < -0.4 is 9.88 Å². The molecule has 0 fully saturated rings. The van der Waals surface area contributed by atoms with Crippen molar-refractivity contribution >= 4 is 27.8 Å². The van der Waals surface area contributed by atoms with Gasteiger partial charge in [-0.25, -0.2) is 13.6 Å². The van der Waals surface area contributed by atoms with Gasteiger partial charge in [0.05, 0.1) is 25.0 Å². The van der Waals surface area contributed by atoms with Crippen LogP contribution in [0.4, 0.5) is 0 Å². The van der Waals surface area contributed by atoms with Crippen molar-refractivity contribution in [1.82, 2.24) is 0 Å². The summed E-state index contributed by atoms with van der Waals surface area (Å²) >= 11 is 1.58. The van der Waals surface area contributed by atoms with Crippen molar-refractivity contribution < 1.29 is 22.7 Å². The summed E-state index contributed by atoms with van der Waals surface area (Å²) in [7, 11) is -2.30. The van der Waals surface area contributed by atoms with E-state index in [-0.39, 0.29) is 10.9 Å². The molecule has 2 N–H and O–H groups in total. The van der Waals surface area contributed by atoms with Crippen LogP contribution in [0, 0.1) is 0 Å². The maximum atomic E-state index is 11.1. The predicted octanol–water partition coefficient (Wildman–Crippen LogP) is 1.01. The zero-order chi connectivity index (χ0) is 15.0. The summed E-state index contributed by atoms with van der Waals surface area (Å²) < 4.78 is 32.1. The highest BCUT2D eigenvalue weighted by atomic mass is 32.2. The highest BCUT2D eigenvalue weighted by Gasteiger charge is 2.06. The standard InChI is InChI=1S/C12H17NO5S2/c1-17-12(14)6-8-19-9-7-18-10-2-4-11(5-3-10)20(13,15)16/h2-5H,6-9H2,1H3,(H2,13,15,16). The average molecular weight is 319 g/mol. The van der Waals surface area contributed by atoms with E-state index in [1.807, 2.05) is 0 Å². The van der Waals surface area contributed by atoms with E-state index in [0.29, 0.717) is 24.5 Å². The third kappa shape index (κ3) is 6.27. The second-order valence-corrected chi connectivity index (χ2v) is 6.59. The van der Waals surface area contributed by atoms with Crippen LogP contribution in [0.2, 0.25) is 0 Å². The molecule has 8 heteroatoms. The number of methoxy groups -OCH3 is 1. The summed E-state index contributed by atoms with van der Waals surface area (Å²) in [5.74, 6) is 1.76. The van der Waals surface area contributed by atoms with Crippen LogP contribution in [0.5, 0.6) is 5.75 Å². The Kier molecular flexibility index (Phi) is 6.83. The van der Waals surface area contributed by atoms with Crippen molar-refractivity contribution in [3.05, 3.63) is 24.3 Å². The molecule has 0 radical (unpaired) electrons. The van der Waals surface area contributed by atoms with Crippen LogP contribution >= 0.6 is 11.8 Å². The molecule has 1 aromatic carbocycles. The topological polar surface area (TPSA) is 95.7 Å². The van der Waals surface area contributed by atoms with Gasteiger partial charge in [-0.1, -0.05) is 0 Å². The van der Waals surface area contributed by atoms with Gasteiger partial charge in [-0.3, -0.25) is 4.79 Å². The normalized spacial score (nSPS) is 11.1. The Morgan fingerprint density at radius 3 is 2.45 bits per heavy atom. The summed E-state index contributed by atoms with van der Waals surface area (Å²) in [5.41, 5.74) is 0. The minimum atomic E-state index is -3.67. The molecule has 0 unspecified atom stereocenters. The Balaban J connectivity index is 2.24. The van der Waals surface area contributed by atoms with Crippen molar-refractivity contribution in [2.24, 2.45) is 5.14 Å². The van der Waals surface area contributed by atoms with Crippen LogP contribution in [-0.4, -0.2) is 39.6 Å². The number of sulfonamides is 1. The smallest absolute Gasteiger partial charge is 0.306 e. The van der Waals surface area contributed by atoms with Gasteiger partial charge in [0, 0.05) is 11.5 Å². The van der Waals surface area contributed by atoms with Gasteiger partial charge < -0.3 is 9.47 Å². The van der Waals surface area contributed by atoms with Crippen LogP contribution in [0.15, 0.2) is 29.2 Å². The van der Waals surface area contributed by atoms with Gasteiger partial charge in [0.2, 0.25) is 10.0 Å². The number of primary sulfonamides is 1. The molecule has 0 bridgehead atoms. The molecule has 0 atom stereocenters. The van der Waals surface area contributed by atoms with Gasteiger partial charge in [-0.05, 0) is 24.3 Å². The lowest BCUT2D eigenvalue weighted by atomic mass is 10.3. The number of carbonyl (C=O) groups excluding carboxylic acids is 1. The molecule has 0 saturated heterocycles. The van der Waals surface area contributed by atoms with Crippen LogP contribution in [0.1, 0.15) is 6.42 Å². The number of esters is 1. The van der Waals surface area contributed by atoms with E-state index >= 15 is 0 Å². The highest BCUT2D eigenvalue weighted by molar-refractivity contribution is 7.99. The third-order valence-corrected chi connectivity index (χ3v) is 4.20. The third-order valence-electron chi connectivity index (χ3n) is 2.33. The Morgan fingerprint density at radius 1 is 1.25 bits per heavy atom. The molecule has 0 saturated carbocycles. The molecule has 0 heterocycles. The second kappa shape index (κ2) is 8.13. The van der Waals surface area contributed by atoms with Gasteiger partial charge in [-0.2, -0.15) is 11.8 Å². The van der Waals surface area contributed by atoms with E-state index in [1.54, 1.807) is 23.9 Å². The van der Waals surface area contributed by atoms with Gasteiger partial charge in [0.25, 0.3) is 0 Å². The van der Waals surface area contributed by atoms with E-state index in [2.05, 4.69) is 4.74 Å². The Labute approximate surface area is 122 Å². The van der Waals surface area contributed by atoms with E-state index in [0.717, 1.165) is 5.75 Å². The lowest BCUT2D eigenvalue weighted by Crippen LogP contribution is -2.11. The molecule has 112 valence electrons. The summed E-state index contributed by atoms with van der Waals surface area (Å²) in [6.07, 6.45) is 0.379. The first-order valence-corrected chi connectivity index (χ1v) is 8.54. The number of benzene rings is 1. The molecule has 0 aliphatic carbocycles. The van der Waals surface area contributed by atoms with Crippen molar-refractivity contribution in [2.45, 2.75) is 11.3 Å². The number of rotatable bonds is 8. The molecule has 0 amide bonds. The first-order valence-electron chi connectivity index (χ1n) is 5.83. The molecule has 0 aliphatic heterocycles.